The van der Waals surface area contributed by atoms with Crippen molar-refractivity contribution in [2.24, 2.45) is 11.3 Å². The molecule has 0 aromatic heterocycles. The van der Waals surface area contributed by atoms with E-state index in [9.17, 15) is 4.79 Å². The van der Waals surface area contributed by atoms with Gasteiger partial charge in [-0.3, -0.25) is 4.79 Å². The van der Waals surface area contributed by atoms with Gasteiger partial charge in [0.25, 0.3) is 0 Å². The van der Waals surface area contributed by atoms with E-state index in [2.05, 4.69) is 0 Å². The second-order valence-corrected chi connectivity index (χ2v) is 3.82. The molecule has 0 aliphatic heterocycles. The van der Waals surface area contributed by atoms with Gasteiger partial charge in [0, 0.05) is 0 Å². The summed E-state index contributed by atoms with van der Waals surface area (Å²) in [5, 5.41) is 8.96. The van der Waals surface area contributed by atoms with Gasteiger partial charge in [0.2, 0.25) is 0 Å². The van der Waals surface area contributed by atoms with Gasteiger partial charge < -0.3 is 5.11 Å². The number of hydrogen-bond acceptors (Lipinski definition) is 1. The lowest BCUT2D eigenvalue weighted by Crippen LogP contribution is -2.26. The Bertz CT molecular complexity index is 182. The summed E-state index contributed by atoms with van der Waals surface area (Å²) >= 11 is 0. The number of carboxylic acid groups (broad SMARTS) is 1. The summed E-state index contributed by atoms with van der Waals surface area (Å²) in [5.74, 6) is -0.336. The fraction of sp³-hybridized carbons (Fsp3) is 0.700. The van der Waals surface area contributed by atoms with Crippen LogP contribution in [0.15, 0.2) is 12.2 Å². The highest BCUT2D eigenvalue weighted by Gasteiger charge is 2.30. The van der Waals surface area contributed by atoms with Crippen molar-refractivity contribution in [1.29, 1.82) is 0 Å². The molecule has 1 atom stereocenters. The second kappa shape index (κ2) is 4.29. The van der Waals surface area contributed by atoms with Gasteiger partial charge in [-0.2, -0.15) is 0 Å². The fourth-order valence-corrected chi connectivity index (χ4v) is 1.44. The molecule has 1 N–H and O–H groups in total. The number of carboxylic acids is 1. The number of carbonyl (C=O) groups is 1. The van der Waals surface area contributed by atoms with Gasteiger partial charge >= 0.3 is 5.97 Å². The second-order valence-electron chi connectivity index (χ2n) is 3.82. The first kappa shape index (κ1) is 11.2. The molecule has 0 fully saturated rings. The van der Waals surface area contributed by atoms with Crippen LogP contribution in [0.5, 0.6) is 0 Å². The molecular weight excluding hydrogens is 152 g/mol. The minimum Gasteiger partial charge on any atom is -0.481 e. The molecule has 0 aromatic carbocycles. The van der Waals surface area contributed by atoms with E-state index in [1.54, 1.807) is 19.1 Å². The van der Waals surface area contributed by atoms with E-state index in [1.807, 2.05) is 20.8 Å². The largest absolute Gasteiger partial charge is 0.481 e. The highest BCUT2D eigenvalue weighted by Crippen LogP contribution is 2.27. The molecule has 2 heteroatoms. The summed E-state index contributed by atoms with van der Waals surface area (Å²) in [5.41, 5.74) is -0.692. The van der Waals surface area contributed by atoms with Crippen molar-refractivity contribution >= 4 is 5.97 Å². The summed E-state index contributed by atoms with van der Waals surface area (Å²) in [6, 6.07) is 0. The molecule has 0 saturated heterocycles. The van der Waals surface area contributed by atoms with E-state index in [0.29, 0.717) is 12.3 Å². The molecule has 1 unspecified atom stereocenters. The molecule has 0 spiro atoms. The summed E-state index contributed by atoms with van der Waals surface area (Å²) in [6.45, 7) is 7.67. The first-order valence-electron chi connectivity index (χ1n) is 4.29. The highest BCUT2D eigenvalue weighted by atomic mass is 16.4. The molecule has 0 bridgehead atoms. The van der Waals surface area contributed by atoms with Crippen LogP contribution in [-0.2, 0) is 4.79 Å². The standard InChI is InChI=1S/C10H18O2/c1-5-6-10(4,9(11)12)7-8(2)3/h5-6,8H,7H2,1-4H3,(H,11,12)/b6-5+. The van der Waals surface area contributed by atoms with Crippen LogP contribution in [0.25, 0.3) is 0 Å². The number of aliphatic carboxylic acids is 1. The van der Waals surface area contributed by atoms with E-state index in [-0.39, 0.29) is 0 Å². The predicted molar refractivity (Wildman–Crippen MR) is 50.0 cm³/mol. The van der Waals surface area contributed by atoms with Crippen LogP contribution in [0.2, 0.25) is 0 Å². The lowest BCUT2D eigenvalue weighted by atomic mass is 9.82. The normalized spacial score (nSPS) is 16.8. The van der Waals surface area contributed by atoms with Gasteiger partial charge in [-0.25, -0.2) is 0 Å². The lowest BCUT2D eigenvalue weighted by Gasteiger charge is -2.22. The molecule has 0 heterocycles. The van der Waals surface area contributed by atoms with Gasteiger partial charge in [0.05, 0.1) is 5.41 Å². The quantitative estimate of drug-likeness (QED) is 0.659. The highest BCUT2D eigenvalue weighted by molar-refractivity contribution is 5.76. The Morgan fingerprint density at radius 2 is 2.08 bits per heavy atom. The Morgan fingerprint density at radius 3 is 2.33 bits per heavy atom. The summed E-state index contributed by atoms with van der Waals surface area (Å²) in [6.07, 6.45) is 4.25. The van der Waals surface area contributed by atoms with Crippen LogP contribution in [0, 0.1) is 11.3 Å². The van der Waals surface area contributed by atoms with E-state index in [4.69, 9.17) is 5.11 Å². The fourth-order valence-electron chi connectivity index (χ4n) is 1.44. The third-order valence-corrected chi connectivity index (χ3v) is 1.86. The monoisotopic (exact) mass is 170 g/mol. The Hall–Kier alpha value is -0.790. The van der Waals surface area contributed by atoms with Crippen molar-refractivity contribution in [3.8, 4) is 0 Å². The number of hydrogen-bond donors (Lipinski definition) is 1. The van der Waals surface area contributed by atoms with Crippen molar-refractivity contribution in [3.63, 3.8) is 0 Å². The molecule has 2 nitrogen and oxygen atoms in total. The van der Waals surface area contributed by atoms with E-state index >= 15 is 0 Å². The van der Waals surface area contributed by atoms with Gasteiger partial charge in [0.15, 0.2) is 0 Å². The third kappa shape index (κ3) is 3.07. The van der Waals surface area contributed by atoms with Crippen molar-refractivity contribution in [2.75, 3.05) is 0 Å². The maximum atomic E-state index is 10.9. The maximum absolute atomic E-state index is 10.9. The van der Waals surface area contributed by atoms with Crippen molar-refractivity contribution < 1.29 is 9.90 Å². The molecule has 0 radical (unpaired) electrons. The van der Waals surface area contributed by atoms with Crippen LogP contribution < -0.4 is 0 Å². The van der Waals surface area contributed by atoms with Gasteiger partial charge in [0.1, 0.15) is 0 Å². The molecule has 0 aromatic rings. The lowest BCUT2D eigenvalue weighted by molar-refractivity contribution is -0.145. The molecule has 0 aliphatic rings. The Morgan fingerprint density at radius 1 is 1.58 bits per heavy atom. The molecule has 0 saturated carbocycles. The third-order valence-electron chi connectivity index (χ3n) is 1.86. The molecule has 0 amide bonds. The van der Waals surface area contributed by atoms with Crippen molar-refractivity contribution in [2.45, 2.75) is 34.1 Å². The van der Waals surface area contributed by atoms with Crippen molar-refractivity contribution in [3.05, 3.63) is 12.2 Å². The molecule has 0 aliphatic carbocycles. The summed E-state index contributed by atoms with van der Waals surface area (Å²) < 4.78 is 0. The zero-order valence-electron chi connectivity index (χ0n) is 8.29. The van der Waals surface area contributed by atoms with E-state index in [0.717, 1.165) is 0 Å². The smallest absolute Gasteiger partial charge is 0.313 e. The zero-order chi connectivity index (χ0) is 9.78. The maximum Gasteiger partial charge on any atom is 0.313 e. The van der Waals surface area contributed by atoms with Gasteiger partial charge in [-0.1, -0.05) is 26.0 Å². The topological polar surface area (TPSA) is 37.3 Å². The van der Waals surface area contributed by atoms with Crippen LogP contribution in [0.3, 0.4) is 0 Å². The number of rotatable bonds is 4. The van der Waals surface area contributed by atoms with Crippen molar-refractivity contribution in [1.82, 2.24) is 0 Å². The minimum atomic E-state index is -0.741. The SMILES string of the molecule is C/C=C/C(C)(CC(C)C)C(=O)O. The summed E-state index contributed by atoms with van der Waals surface area (Å²) in [7, 11) is 0. The van der Waals surface area contributed by atoms with Crippen LogP contribution in [0.1, 0.15) is 34.1 Å². The Balaban J connectivity index is 4.50. The Kier molecular flexibility index (Phi) is 4.01. The van der Waals surface area contributed by atoms with Crippen LogP contribution in [0.4, 0.5) is 0 Å². The average molecular weight is 170 g/mol. The number of allylic oxidation sites excluding steroid dienone is 1. The first-order valence-corrected chi connectivity index (χ1v) is 4.29. The minimum absolute atomic E-state index is 0.405. The predicted octanol–water partition coefficient (Wildman–Crippen LogP) is 2.70. The summed E-state index contributed by atoms with van der Waals surface area (Å²) in [4.78, 5) is 10.9. The molecule has 12 heavy (non-hydrogen) atoms. The molecule has 0 rings (SSSR count). The van der Waals surface area contributed by atoms with Gasteiger partial charge in [-0.05, 0) is 26.2 Å². The zero-order valence-corrected chi connectivity index (χ0v) is 8.29. The van der Waals surface area contributed by atoms with Gasteiger partial charge in [-0.15, -0.1) is 0 Å². The molecular formula is C10H18O2. The molecule has 70 valence electrons. The first-order chi connectivity index (χ1) is 5.42. The van der Waals surface area contributed by atoms with Crippen LogP contribution >= 0.6 is 0 Å². The van der Waals surface area contributed by atoms with E-state index in [1.165, 1.54) is 0 Å². The van der Waals surface area contributed by atoms with E-state index < -0.39 is 11.4 Å². The average Bonchev–Trinajstić information content (AvgIpc) is 1.85. The van der Waals surface area contributed by atoms with Crippen LogP contribution in [-0.4, -0.2) is 11.1 Å². The Labute approximate surface area is 74.3 Å².